The highest BCUT2D eigenvalue weighted by Crippen LogP contribution is 2.48. The Bertz CT molecular complexity index is 1270. The van der Waals surface area contributed by atoms with E-state index >= 15 is 0 Å². The molecule has 1 aliphatic heterocycles. The van der Waals surface area contributed by atoms with Crippen molar-refractivity contribution in [1.29, 1.82) is 0 Å². The summed E-state index contributed by atoms with van der Waals surface area (Å²) in [5.74, 6) is -0.549. The maximum Gasteiger partial charge on any atom is 0.459 e. The van der Waals surface area contributed by atoms with Gasteiger partial charge in [0.2, 0.25) is 0 Å². The Hall–Kier alpha value is -2.45. The van der Waals surface area contributed by atoms with Gasteiger partial charge in [0.05, 0.1) is 6.10 Å². The lowest BCUT2D eigenvalue weighted by Gasteiger charge is -2.30. The number of ether oxygens (including phenoxy) is 2. The molecular weight excluding hydrogens is 551 g/mol. The molecule has 6 atom stereocenters. The summed E-state index contributed by atoms with van der Waals surface area (Å²) in [5.41, 5.74) is 3.18. The summed E-state index contributed by atoms with van der Waals surface area (Å²) in [4.78, 5) is 38.6. The van der Waals surface area contributed by atoms with Gasteiger partial charge in [0.1, 0.15) is 30.7 Å². The molecule has 1 fully saturated rings. The number of aromatic nitrogens is 2. The Morgan fingerprint density at radius 2 is 1.97 bits per heavy atom. The quantitative estimate of drug-likeness (QED) is 0.197. The standard InChI is InChI=1S/C24H35N4O9PS/c1-15(2)35-22(31)16(3)27-38(33,37-17-8-6-5-7-9-17)34-14-24(25)20(30)18(11-13-39-4)21(36-24)28-12-10-19(29)26-23(28)32/h5-10,12,15-16,18,20-21,30H,11,13-14,25H2,1-4H3,(H,27,33)(H,26,29,32)/t16-,18-,20-,21+,24+,38?/m0/s1. The van der Waals surface area contributed by atoms with Crippen LogP contribution in [0.3, 0.4) is 0 Å². The molecule has 1 aliphatic rings. The van der Waals surface area contributed by atoms with Gasteiger partial charge >= 0.3 is 19.4 Å². The van der Waals surface area contributed by atoms with E-state index in [0.29, 0.717) is 12.2 Å². The minimum Gasteiger partial charge on any atom is -0.462 e. The van der Waals surface area contributed by atoms with E-state index in [2.05, 4.69) is 10.1 Å². The van der Waals surface area contributed by atoms with E-state index in [-0.39, 0.29) is 5.75 Å². The highest BCUT2D eigenvalue weighted by atomic mass is 32.2. The second kappa shape index (κ2) is 13.3. The van der Waals surface area contributed by atoms with E-state index in [1.807, 2.05) is 6.26 Å². The molecule has 5 N–H and O–H groups in total. The summed E-state index contributed by atoms with van der Waals surface area (Å²) in [6, 6.07) is 8.21. The van der Waals surface area contributed by atoms with Gasteiger partial charge in [-0.1, -0.05) is 18.2 Å². The van der Waals surface area contributed by atoms with Crippen molar-refractivity contribution in [3.05, 3.63) is 63.4 Å². The third kappa shape index (κ3) is 8.04. The summed E-state index contributed by atoms with van der Waals surface area (Å²) >= 11 is 1.52. The van der Waals surface area contributed by atoms with E-state index in [0.717, 1.165) is 10.6 Å². The average Bonchev–Trinajstić information content (AvgIpc) is 3.11. The number of nitrogens with two attached hydrogens (primary N) is 1. The highest BCUT2D eigenvalue weighted by molar-refractivity contribution is 7.98. The van der Waals surface area contributed by atoms with E-state index < -0.39 is 67.7 Å². The smallest absolute Gasteiger partial charge is 0.459 e. The van der Waals surface area contributed by atoms with Crippen molar-refractivity contribution in [3.8, 4) is 5.75 Å². The molecule has 1 saturated heterocycles. The van der Waals surface area contributed by atoms with E-state index in [9.17, 15) is 24.1 Å². The van der Waals surface area contributed by atoms with Crippen LogP contribution >= 0.6 is 19.5 Å². The van der Waals surface area contributed by atoms with E-state index in [1.165, 1.54) is 24.9 Å². The van der Waals surface area contributed by atoms with E-state index in [1.54, 1.807) is 44.2 Å². The van der Waals surface area contributed by atoms with Crippen molar-refractivity contribution in [1.82, 2.24) is 14.6 Å². The molecule has 0 spiro atoms. The predicted molar refractivity (Wildman–Crippen MR) is 145 cm³/mol. The molecule has 1 unspecified atom stereocenters. The third-order valence-electron chi connectivity index (χ3n) is 5.88. The molecule has 216 valence electrons. The minimum absolute atomic E-state index is 0.187. The molecule has 13 nitrogen and oxygen atoms in total. The van der Waals surface area contributed by atoms with Gasteiger partial charge < -0.3 is 19.1 Å². The number of nitrogens with zero attached hydrogens (tertiary/aromatic N) is 1. The van der Waals surface area contributed by atoms with Crippen molar-refractivity contribution in [3.63, 3.8) is 0 Å². The number of aliphatic hydroxyl groups is 1. The van der Waals surface area contributed by atoms with Gasteiger partial charge in [0.25, 0.3) is 5.56 Å². The number of aliphatic hydroxyl groups excluding tert-OH is 1. The largest absolute Gasteiger partial charge is 0.462 e. The van der Waals surface area contributed by atoms with Crippen molar-refractivity contribution in [2.24, 2.45) is 11.7 Å². The van der Waals surface area contributed by atoms with Crippen LogP contribution in [0.2, 0.25) is 0 Å². The van der Waals surface area contributed by atoms with Gasteiger partial charge in [-0.25, -0.2) is 9.36 Å². The molecule has 1 aromatic carbocycles. The van der Waals surface area contributed by atoms with Crippen LogP contribution in [0, 0.1) is 5.92 Å². The number of aromatic amines is 1. The lowest BCUT2D eigenvalue weighted by Crippen LogP contribution is -2.54. The van der Waals surface area contributed by atoms with Gasteiger partial charge in [-0.3, -0.25) is 29.4 Å². The number of benzene rings is 1. The number of esters is 1. The molecule has 0 amide bonds. The second-order valence-corrected chi connectivity index (χ2v) is 12.1. The number of nitrogens with one attached hydrogen (secondary N) is 2. The number of hydrogen-bond donors (Lipinski definition) is 4. The van der Waals surface area contributed by atoms with Crippen LogP contribution in [0.1, 0.15) is 33.4 Å². The molecule has 39 heavy (non-hydrogen) atoms. The van der Waals surface area contributed by atoms with Gasteiger partial charge in [-0.05, 0) is 51.3 Å². The maximum absolute atomic E-state index is 13.8. The second-order valence-electron chi connectivity index (χ2n) is 9.38. The molecule has 0 saturated carbocycles. The highest BCUT2D eigenvalue weighted by Gasteiger charge is 2.54. The Kier molecular flexibility index (Phi) is 10.6. The van der Waals surface area contributed by atoms with Gasteiger partial charge in [-0.15, -0.1) is 0 Å². The molecule has 15 heteroatoms. The first-order valence-electron chi connectivity index (χ1n) is 12.3. The Balaban J connectivity index is 1.87. The molecule has 2 aromatic rings. The van der Waals surface area contributed by atoms with Crippen LogP contribution in [0.4, 0.5) is 0 Å². The first kappa shape index (κ1) is 31.1. The van der Waals surface area contributed by atoms with Gasteiger partial charge in [0.15, 0.2) is 5.72 Å². The van der Waals surface area contributed by atoms with Crippen LogP contribution in [-0.4, -0.2) is 63.2 Å². The summed E-state index contributed by atoms with van der Waals surface area (Å²) in [5, 5.41) is 13.8. The van der Waals surface area contributed by atoms with Crippen LogP contribution in [0.5, 0.6) is 5.75 Å². The molecule has 0 aliphatic carbocycles. The summed E-state index contributed by atoms with van der Waals surface area (Å²) in [6.45, 7) is 4.15. The average molecular weight is 587 g/mol. The topological polar surface area (TPSA) is 184 Å². The molecule has 3 rings (SSSR count). The SMILES string of the molecule is CSCC[C@@H]1[C@H](n2ccc(=O)[nH]c2=O)O[C@](N)(COP(=O)(N[C@@H](C)C(=O)OC(C)C)Oc2ccccc2)[C@H]1O. The fourth-order valence-corrected chi connectivity index (χ4v) is 6.02. The normalized spacial score (nSPS) is 25.3. The summed E-state index contributed by atoms with van der Waals surface area (Å²) in [6.07, 6.45) is 0.736. The van der Waals surface area contributed by atoms with Crippen LogP contribution < -0.4 is 26.6 Å². The fraction of sp³-hybridized carbons (Fsp3) is 0.542. The first-order chi connectivity index (χ1) is 18.4. The van der Waals surface area contributed by atoms with Crippen molar-refractivity contribution in [2.45, 2.75) is 57.4 Å². The molecule has 1 aromatic heterocycles. The monoisotopic (exact) mass is 586 g/mol. The lowest BCUT2D eigenvalue weighted by molar-refractivity contribution is -0.149. The molecule has 2 heterocycles. The molecular formula is C24H35N4O9PS. The summed E-state index contributed by atoms with van der Waals surface area (Å²) in [7, 11) is -4.31. The number of carbonyl (C=O) groups is 1. The zero-order valence-electron chi connectivity index (χ0n) is 22.1. The third-order valence-corrected chi connectivity index (χ3v) is 8.15. The maximum atomic E-state index is 13.8. The number of rotatable bonds is 13. The molecule has 0 radical (unpaired) electrons. The number of thioether (sulfide) groups is 1. The number of H-pyrrole nitrogens is 1. The van der Waals surface area contributed by atoms with Gasteiger partial charge in [0, 0.05) is 18.2 Å². The van der Waals surface area contributed by atoms with E-state index in [4.69, 9.17) is 24.3 Å². The summed E-state index contributed by atoms with van der Waals surface area (Å²) < 4.78 is 37.4. The van der Waals surface area contributed by atoms with Crippen molar-refractivity contribution < 1.29 is 33.0 Å². The Morgan fingerprint density at radius 1 is 1.28 bits per heavy atom. The number of para-hydroxylation sites is 1. The number of hydrogen-bond acceptors (Lipinski definition) is 11. The van der Waals surface area contributed by atoms with Crippen LogP contribution in [-0.2, 0) is 23.4 Å². The zero-order chi connectivity index (χ0) is 28.8. The lowest BCUT2D eigenvalue weighted by atomic mass is 9.94. The molecule has 0 bridgehead atoms. The number of carbonyl (C=O) groups excluding carboxylic acids is 1. The van der Waals surface area contributed by atoms with Gasteiger partial charge in [-0.2, -0.15) is 16.8 Å². The minimum atomic E-state index is -4.31. The fourth-order valence-electron chi connectivity index (χ4n) is 3.98. The first-order valence-corrected chi connectivity index (χ1v) is 15.2. The predicted octanol–water partition coefficient (Wildman–Crippen LogP) is 1.58. The van der Waals surface area contributed by atoms with Crippen molar-refractivity contribution in [2.75, 3.05) is 18.6 Å². The Morgan fingerprint density at radius 3 is 2.59 bits per heavy atom. The van der Waals surface area contributed by atoms with Crippen LogP contribution in [0.15, 0.2) is 52.2 Å². The Labute approximate surface area is 230 Å². The van der Waals surface area contributed by atoms with Crippen molar-refractivity contribution >= 4 is 25.5 Å². The zero-order valence-corrected chi connectivity index (χ0v) is 23.9. The van der Waals surface area contributed by atoms with Crippen LogP contribution in [0.25, 0.3) is 0 Å².